The number of anilines is 1. The molecule has 1 aromatic rings. The van der Waals surface area contributed by atoms with Gasteiger partial charge in [0, 0.05) is 46.0 Å². The molecule has 2 amide bonds. The molecule has 138 valence electrons. The molecular formula is C17H28N6O2. The van der Waals surface area contributed by atoms with Crippen molar-refractivity contribution in [2.45, 2.75) is 39.3 Å². The van der Waals surface area contributed by atoms with Crippen LogP contribution in [0.25, 0.3) is 0 Å². The van der Waals surface area contributed by atoms with E-state index in [1.807, 2.05) is 27.9 Å². The lowest BCUT2D eigenvalue weighted by atomic mass is 10.1. The minimum absolute atomic E-state index is 0.0465. The summed E-state index contributed by atoms with van der Waals surface area (Å²) in [6.07, 6.45) is 2.01. The quantitative estimate of drug-likeness (QED) is 0.820. The molecule has 0 aromatic carbocycles. The number of aromatic nitrogens is 2. The first-order valence-electron chi connectivity index (χ1n) is 8.66. The summed E-state index contributed by atoms with van der Waals surface area (Å²) in [5, 5.41) is 0. The predicted molar refractivity (Wildman–Crippen MR) is 96.4 cm³/mol. The fraction of sp³-hybridized carbons (Fsp3) is 0.647. The lowest BCUT2D eigenvalue weighted by Crippen LogP contribution is -2.48. The molecule has 2 N–H and O–H groups in total. The smallest absolute Gasteiger partial charge is 0.258 e. The molecule has 2 heterocycles. The highest BCUT2D eigenvalue weighted by molar-refractivity contribution is 5.98. The number of amides is 2. The zero-order valence-corrected chi connectivity index (χ0v) is 15.7. The summed E-state index contributed by atoms with van der Waals surface area (Å²) in [4.78, 5) is 39.5. The van der Waals surface area contributed by atoms with Gasteiger partial charge in [-0.1, -0.05) is 0 Å². The highest BCUT2D eigenvalue weighted by Gasteiger charge is 2.40. The molecule has 0 saturated carbocycles. The molecule has 1 saturated heterocycles. The molecule has 2 atom stereocenters. The molecule has 0 radical (unpaired) electrons. The van der Waals surface area contributed by atoms with Crippen molar-refractivity contribution in [3.63, 3.8) is 0 Å². The van der Waals surface area contributed by atoms with Crippen LogP contribution < -0.4 is 10.6 Å². The van der Waals surface area contributed by atoms with E-state index in [-0.39, 0.29) is 17.9 Å². The van der Waals surface area contributed by atoms with Crippen LogP contribution in [0.15, 0.2) is 6.20 Å². The third-order valence-electron chi connectivity index (χ3n) is 4.55. The van der Waals surface area contributed by atoms with Gasteiger partial charge in [0.1, 0.15) is 6.04 Å². The Morgan fingerprint density at radius 1 is 1.32 bits per heavy atom. The Bertz CT molecular complexity index is 644. The van der Waals surface area contributed by atoms with E-state index < -0.39 is 6.04 Å². The van der Waals surface area contributed by atoms with Gasteiger partial charge in [0.05, 0.1) is 11.3 Å². The van der Waals surface area contributed by atoms with Crippen LogP contribution in [0.5, 0.6) is 0 Å². The van der Waals surface area contributed by atoms with Crippen LogP contribution in [0.2, 0.25) is 0 Å². The van der Waals surface area contributed by atoms with E-state index in [1.54, 1.807) is 21.6 Å². The van der Waals surface area contributed by atoms with Crippen molar-refractivity contribution in [2.24, 2.45) is 5.73 Å². The lowest BCUT2D eigenvalue weighted by molar-refractivity contribution is -0.134. The van der Waals surface area contributed by atoms with Crippen LogP contribution in [0.3, 0.4) is 0 Å². The highest BCUT2D eigenvalue weighted by Crippen LogP contribution is 2.22. The summed E-state index contributed by atoms with van der Waals surface area (Å²) >= 11 is 0. The largest absolute Gasteiger partial charge is 0.347 e. The highest BCUT2D eigenvalue weighted by atomic mass is 16.2. The average molecular weight is 348 g/mol. The molecule has 25 heavy (non-hydrogen) atoms. The number of likely N-dealkylation sites (tertiary alicyclic amines) is 1. The Hall–Kier alpha value is -2.22. The fourth-order valence-electron chi connectivity index (χ4n) is 3.11. The number of likely N-dealkylation sites (N-methyl/N-ethyl adjacent to an activating group) is 1. The van der Waals surface area contributed by atoms with Gasteiger partial charge in [-0.05, 0) is 27.2 Å². The van der Waals surface area contributed by atoms with Gasteiger partial charge in [-0.25, -0.2) is 9.97 Å². The van der Waals surface area contributed by atoms with E-state index in [1.165, 1.54) is 6.20 Å². The van der Waals surface area contributed by atoms with Crippen LogP contribution in [-0.4, -0.2) is 77.4 Å². The van der Waals surface area contributed by atoms with Crippen molar-refractivity contribution >= 4 is 17.8 Å². The molecule has 2 rings (SSSR count). The average Bonchev–Trinajstić information content (AvgIpc) is 2.97. The third kappa shape index (κ3) is 3.89. The van der Waals surface area contributed by atoms with Crippen LogP contribution in [0, 0.1) is 6.92 Å². The number of carbonyl (C=O) groups is 2. The van der Waals surface area contributed by atoms with E-state index >= 15 is 0 Å². The predicted octanol–water partition coefficient (Wildman–Crippen LogP) is 0.261. The molecule has 0 spiro atoms. The van der Waals surface area contributed by atoms with Gasteiger partial charge in [-0.2, -0.15) is 0 Å². The first-order valence-corrected chi connectivity index (χ1v) is 8.66. The summed E-state index contributed by atoms with van der Waals surface area (Å²) in [5.74, 6) is 0.263. The number of rotatable bonds is 5. The molecule has 1 aliphatic heterocycles. The van der Waals surface area contributed by atoms with Gasteiger partial charge in [0.15, 0.2) is 0 Å². The van der Waals surface area contributed by atoms with E-state index in [0.29, 0.717) is 43.3 Å². The van der Waals surface area contributed by atoms with Gasteiger partial charge in [-0.3, -0.25) is 9.59 Å². The zero-order valence-electron chi connectivity index (χ0n) is 15.7. The Balaban J connectivity index is 2.28. The maximum Gasteiger partial charge on any atom is 0.258 e. The summed E-state index contributed by atoms with van der Waals surface area (Å²) in [7, 11) is 3.68. The Labute approximate surface area is 149 Å². The lowest BCUT2D eigenvalue weighted by Gasteiger charge is -2.29. The first-order chi connectivity index (χ1) is 11.8. The van der Waals surface area contributed by atoms with E-state index in [2.05, 4.69) is 9.97 Å². The van der Waals surface area contributed by atoms with Gasteiger partial charge in [-0.15, -0.1) is 0 Å². The molecule has 1 aromatic heterocycles. The molecular weight excluding hydrogens is 320 g/mol. The van der Waals surface area contributed by atoms with E-state index in [9.17, 15) is 9.59 Å². The normalized spacial score (nSPS) is 19.8. The van der Waals surface area contributed by atoms with Gasteiger partial charge in [0.25, 0.3) is 5.91 Å². The SMILES string of the molecule is CCN(CC)C(=O)[C@@H]1C[C@H](N)CN1C(=O)c1cnc(N(C)C)nc1C. The second-order valence-corrected chi connectivity index (χ2v) is 6.54. The van der Waals surface area contributed by atoms with E-state index in [4.69, 9.17) is 5.73 Å². The number of nitrogens with two attached hydrogens (primary N) is 1. The van der Waals surface area contributed by atoms with Gasteiger partial charge < -0.3 is 20.4 Å². The summed E-state index contributed by atoms with van der Waals surface area (Å²) in [6.45, 7) is 7.23. The monoisotopic (exact) mass is 348 g/mol. The molecule has 0 bridgehead atoms. The maximum atomic E-state index is 13.0. The van der Waals surface area contributed by atoms with Crippen molar-refractivity contribution in [2.75, 3.05) is 38.6 Å². The number of hydrogen-bond donors (Lipinski definition) is 1. The standard InChI is InChI=1S/C17H28N6O2/c1-6-22(7-2)16(25)14-8-12(18)10-23(14)15(24)13-9-19-17(21(4)5)20-11(13)3/h9,12,14H,6-8,10,18H2,1-5H3/t12-,14-/m0/s1. The summed E-state index contributed by atoms with van der Waals surface area (Å²) < 4.78 is 0. The number of nitrogens with zero attached hydrogens (tertiary/aromatic N) is 5. The van der Waals surface area contributed by atoms with Crippen molar-refractivity contribution in [3.8, 4) is 0 Å². The minimum atomic E-state index is -0.518. The van der Waals surface area contributed by atoms with Gasteiger partial charge >= 0.3 is 0 Å². The van der Waals surface area contributed by atoms with Crippen LogP contribution in [-0.2, 0) is 4.79 Å². The molecule has 0 unspecified atom stereocenters. The maximum absolute atomic E-state index is 13.0. The van der Waals surface area contributed by atoms with Crippen molar-refractivity contribution in [3.05, 3.63) is 17.5 Å². The Morgan fingerprint density at radius 3 is 2.48 bits per heavy atom. The first kappa shape index (κ1) is 19.1. The van der Waals surface area contributed by atoms with Crippen molar-refractivity contribution in [1.29, 1.82) is 0 Å². The Morgan fingerprint density at radius 2 is 1.96 bits per heavy atom. The number of hydrogen-bond acceptors (Lipinski definition) is 6. The zero-order chi connectivity index (χ0) is 18.7. The van der Waals surface area contributed by atoms with Crippen LogP contribution >= 0.6 is 0 Å². The second kappa shape index (κ2) is 7.77. The molecule has 8 nitrogen and oxygen atoms in total. The molecule has 0 aliphatic carbocycles. The van der Waals surface area contributed by atoms with Crippen LogP contribution in [0.1, 0.15) is 36.3 Å². The third-order valence-corrected chi connectivity index (χ3v) is 4.55. The summed E-state index contributed by atoms with van der Waals surface area (Å²) in [5.41, 5.74) is 7.06. The topological polar surface area (TPSA) is 95.7 Å². The minimum Gasteiger partial charge on any atom is -0.347 e. The van der Waals surface area contributed by atoms with Gasteiger partial charge in [0.2, 0.25) is 11.9 Å². The summed E-state index contributed by atoms with van der Waals surface area (Å²) in [6, 6.07) is -0.717. The Kier molecular flexibility index (Phi) is 5.94. The van der Waals surface area contributed by atoms with E-state index in [0.717, 1.165) is 0 Å². The molecule has 8 heteroatoms. The fourth-order valence-corrected chi connectivity index (χ4v) is 3.11. The second-order valence-electron chi connectivity index (χ2n) is 6.54. The number of aryl methyl sites for hydroxylation is 1. The molecule has 1 aliphatic rings. The van der Waals surface area contributed by atoms with Crippen LogP contribution in [0.4, 0.5) is 5.95 Å². The van der Waals surface area contributed by atoms with Crippen molar-refractivity contribution in [1.82, 2.24) is 19.8 Å². The van der Waals surface area contributed by atoms with Crippen molar-refractivity contribution < 1.29 is 9.59 Å². The number of carbonyl (C=O) groups excluding carboxylic acids is 2. The molecule has 1 fully saturated rings.